The molecule has 0 saturated heterocycles. The maximum absolute atomic E-state index is 11.6. The van der Waals surface area contributed by atoms with Crippen molar-refractivity contribution in [2.24, 2.45) is 0 Å². The summed E-state index contributed by atoms with van der Waals surface area (Å²) in [5.74, 6) is 0.0284. The van der Waals surface area contributed by atoms with E-state index in [0.29, 0.717) is 13.0 Å². The lowest BCUT2D eigenvalue weighted by Crippen LogP contribution is -2.23. The first-order valence-electron chi connectivity index (χ1n) is 5.32. The quantitative estimate of drug-likeness (QED) is 0.872. The minimum absolute atomic E-state index is 0.0284. The number of thiazole rings is 1. The van der Waals surface area contributed by atoms with E-state index in [0.717, 1.165) is 21.8 Å². The van der Waals surface area contributed by atoms with Gasteiger partial charge in [0.05, 0.1) is 10.7 Å². The molecule has 0 aromatic carbocycles. The van der Waals surface area contributed by atoms with Gasteiger partial charge in [-0.2, -0.15) is 0 Å². The predicted octanol–water partition coefficient (Wildman–Crippen LogP) is 2.30. The van der Waals surface area contributed by atoms with E-state index in [1.807, 2.05) is 25.3 Å². The average Bonchev–Trinajstić information content (AvgIpc) is 2.85. The van der Waals surface area contributed by atoms with Crippen molar-refractivity contribution in [2.45, 2.75) is 20.3 Å². The summed E-state index contributed by atoms with van der Waals surface area (Å²) in [6, 6.07) is 0. The fourth-order valence-corrected chi connectivity index (χ4v) is 2.25. The molecule has 4 heteroatoms. The third-order valence-electron chi connectivity index (χ3n) is 2.42. The third-order valence-corrected chi connectivity index (χ3v) is 3.19. The van der Waals surface area contributed by atoms with E-state index in [2.05, 4.69) is 16.4 Å². The highest BCUT2D eigenvalue weighted by Gasteiger charge is 2.15. The molecule has 1 aromatic rings. The van der Waals surface area contributed by atoms with Crippen LogP contribution < -0.4 is 5.32 Å². The van der Waals surface area contributed by atoms with E-state index >= 15 is 0 Å². The summed E-state index contributed by atoms with van der Waals surface area (Å²) in [7, 11) is 0. The van der Waals surface area contributed by atoms with Gasteiger partial charge in [0.25, 0.3) is 0 Å². The zero-order chi connectivity index (χ0) is 11.5. The number of nitrogens with one attached hydrogen (secondary N) is 1. The predicted molar refractivity (Wildman–Crippen MR) is 66.2 cm³/mol. The molecule has 3 nitrogen and oxygen atoms in total. The molecule has 1 heterocycles. The summed E-state index contributed by atoms with van der Waals surface area (Å²) in [4.78, 5) is 16.0. The van der Waals surface area contributed by atoms with Gasteiger partial charge in [-0.15, -0.1) is 11.3 Å². The third kappa shape index (κ3) is 2.22. The second-order valence-corrected chi connectivity index (χ2v) is 4.71. The second-order valence-electron chi connectivity index (χ2n) is 3.64. The highest BCUT2D eigenvalue weighted by Crippen LogP contribution is 2.27. The number of allylic oxidation sites excluding steroid dienone is 3. The molecule has 1 aliphatic rings. The first kappa shape index (κ1) is 11.1. The number of nitrogens with zero attached hydrogens (tertiary/aromatic N) is 1. The zero-order valence-electron chi connectivity index (χ0n) is 9.41. The maximum Gasteiger partial charge on any atom is 0.247 e. The molecule has 84 valence electrons. The Kier molecular flexibility index (Phi) is 3.19. The Balaban J connectivity index is 2.13. The van der Waals surface area contributed by atoms with Gasteiger partial charge in [-0.3, -0.25) is 4.79 Å². The number of aryl methyl sites for hydroxylation is 1. The topological polar surface area (TPSA) is 42.0 Å². The van der Waals surface area contributed by atoms with Gasteiger partial charge in [0, 0.05) is 17.5 Å². The molecule has 16 heavy (non-hydrogen) atoms. The fraction of sp³-hybridized carbons (Fsp3) is 0.333. The minimum Gasteiger partial charge on any atom is -0.353 e. The van der Waals surface area contributed by atoms with Gasteiger partial charge >= 0.3 is 0 Å². The van der Waals surface area contributed by atoms with Crippen LogP contribution in [0, 0.1) is 6.92 Å². The van der Waals surface area contributed by atoms with E-state index in [1.165, 1.54) is 0 Å². The average molecular weight is 234 g/mol. The van der Waals surface area contributed by atoms with Gasteiger partial charge in [0.2, 0.25) is 5.91 Å². The first-order valence-corrected chi connectivity index (χ1v) is 6.20. The first-order chi connectivity index (χ1) is 7.70. The highest BCUT2D eigenvalue weighted by atomic mass is 32.1. The van der Waals surface area contributed by atoms with Crippen LogP contribution >= 0.6 is 11.3 Å². The fourth-order valence-electron chi connectivity index (χ4n) is 1.63. The lowest BCUT2D eigenvalue weighted by Gasteiger charge is -2.00. The Labute approximate surface area is 98.9 Å². The molecule has 0 unspecified atom stereocenters. The molecule has 2 rings (SSSR count). The van der Waals surface area contributed by atoms with Gasteiger partial charge in [-0.25, -0.2) is 4.98 Å². The van der Waals surface area contributed by atoms with Gasteiger partial charge in [-0.05, 0) is 31.9 Å². The van der Waals surface area contributed by atoms with Gasteiger partial charge in [0.15, 0.2) is 0 Å². The van der Waals surface area contributed by atoms with E-state index in [9.17, 15) is 4.79 Å². The lowest BCUT2D eigenvalue weighted by molar-refractivity contribution is -0.117. The van der Waals surface area contributed by atoms with E-state index in [1.54, 1.807) is 11.3 Å². The van der Waals surface area contributed by atoms with Crippen LogP contribution in [0.2, 0.25) is 0 Å². The molecule has 1 aromatic heterocycles. The Bertz CT molecular complexity index is 471. The van der Waals surface area contributed by atoms with Crippen LogP contribution in [0.5, 0.6) is 0 Å². The summed E-state index contributed by atoms with van der Waals surface area (Å²) in [5.41, 5.74) is 2.86. The summed E-state index contributed by atoms with van der Waals surface area (Å²) < 4.78 is 0. The van der Waals surface area contributed by atoms with Gasteiger partial charge < -0.3 is 5.32 Å². The molecule has 0 atom stereocenters. The normalized spacial score (nSPS) is 14.6. The van der Waals surface area contributed by atoms with E-state index in [-0.39, 0.29) is 5.91 Å². The summed E-state index contributed by atoms with van der Waals surface area (Å²) in [6.45, 7) is 4.57. The van der Waals surface area contributed by atoms with Crippen molar-refractivity contribution in [3.8, 4) is 0 Å². The molecule has 1 N–H and O–H groups in total. The van der Waals surface area contributed by atoms with E-state index in [4.69, 9.17) is 0 Å². The van der Waals surface area contributed by atoms with Crippen molar-refractivity contribution in [2.75, 3.05) is 6.54 Å². The summed E-state index contributed by atoms with van der Waals surface area (Å²) in [6.07, 6.45) is 4.69. The summed E-state index contributed by atoms with van der Waals surface area (Å²) in [5, 5.41) is 5.88. The maximum atomic E-state index is 11.6. The Hall–Kier alpha value is -1.42. The monoisotopic (exact) mass is 234 g/mol. The van der Waals surface area contributed by atoms with Crippen LogP contribution in [0.15, 0.2) is 23.1 Å². The standard InChI is InChI=1S/C12H14N2OS/c1-3-13-12(15)10-5-4-9(6-10)11-7-16-8(2)14-11/h4,6-7H,3,5H2,1-2H3,(H,13,15). The van der Waals surface area contributed by atoms with Gasteiger partial charge in [-0.1, -0.05) is 6.08 Å². The Morgan fingerprint density at radius 1 is 1.62 bits per heavy atom. The van der Waals surface area contributed by atoms with Crippen molar-refractivity contribution in [1.29, 1.82) is 0 Å². The zero-order valence-corrected chi connectivity index (χ0v) is 10.2. The van der Waals surface area contributed by atoms with Crippen molar-refractivity contribution < 1.29 is 4.79 Å². The van der Waals surface area contributed by atoms with Crippen molar-refractivity contribution in [3.63, 3.8) is 0 Å². The number of carbonyl (C=O) groups excluding carboxylic acids is 1. The van der Waals surface area contributed by atoms with Crippen LogP contribution in [0.3, 0.4) is 0 Å². The summed E-state index contributed by atoms with van der Waals surface area (Å²) >= 11 is 1.63. The van der Waals surface area contributed by atoms with Crippen molar-refractivity contribution >= 4 is 22.8 Å². The van der Waals surface area contributed by atoms with Crippen LogP contribution in [0.1, 0.15) is 24.0 Å². The number of carbonyl (C=O) groups is 1. The van der Waals surface area contributed by atoms with Crippen molar-refractivity contribution in [1.82, 2.24) is 10.3 Å². The number of likely N-dealkylation sites (N-methyl/N-ethyl adjacent to an activating group) is 1. The molecule has 1 aliphatic carbocycles. The molecule has 0 fully saturated rings. The highest BCUT2D eigenvalue weighted by molar-refractivity contribution is 7.09. The van der Waals surface area contributed by atoms with Crippen LogP contribution in [0.25, 0.3) is 5.57 Å². The van der Waals surface area contributed by atoms with Crippen LogP contribution in [0.4, 0.5) is 0 Å². The number of rotatable bonds is 3. The molecule has 0 bridgehead atoms. The number of hydrogen-bond acceptors (Lipinski definition) is 3. The number of amides is 1. The molecule has 1 amide bonds. The molecular weight excluding hydrogens is 220 g/mol. The molecule has 0 aliphatic heterocycles. The Morgan fingerprint density at radius 2 is 2.44 bits per heavy atom. The number of hydrogen-bond donors (Lipinski definition) is 1. The number of aromatic nitrogens is 1. The van der Waals surface area contributed by atoms with Crippen LogP contribution in [-0.4, -0.2) is 17.4 Å². The Morgan fingerprint density at radius 3 is 3.06 bits per heavy atom. The van der Waals surface area contributed by atoms with Crippen LogP contribution in [-0.2, 0) is 4.79 Å². The molecule has 0 spiro atoms. The SMILES string of the molecule is CCNC(=O)C1=CC(c2csc(C)n2)=CC1. The molecule has 0 saturated carbocycles. The smallest absolute Gasteiger partial charge is 0.247 e. The molecule has 0 radical (unpaired) electrons. The molecular formula is C12H14N2OS. The second kappa shape index (κ2) is 4.61. The van der Waals surface area contributed by atoms with E-state index < -0.39 is 0 Å². The lowest BCUT2D eigenvalue weighted by atomic mass is 10.2. The minimum atomic E-state index is 0.0284. The largest absolute Gasteiger partial charge is 0.353 e. The van der Waals surface area contributed by atoms with Gasteiger partial charge in [0.1, 0.15) is 0 Å². The van der Waals surface area contributed by atoms with Crippen molar-refractivity contribution in [3.05, 3.63) is 33.8 Å².